The molecule has 2 heterocycles. The van der Waals surface area contributed by atoms with Crippen LogP contribution in [0.25, 0.3) is 11.5 Å². The number of benzene rings is 2. The lowest BCUT2D eigenvalue weighted by Gasteiger charge is -2.25. The third-order valence-corrected chi connectivity index (χ3v) is 7.87. The first kappa shape index (κ1) is 22.8. The van der Waals surface area contributed by atoms with Gasteiger partial charge in [-0.2, -0.15) is 17.5 Å². The summed E-state index contributed by atoms with van der Waals surface area (Å²) < 4.78 is 70.9. The Kier molecular flexibility index (Phi) is 6.59. The highest BCUT2D eigenvalue weighted by atomic mass is 32.2. The zero-order chi connectivity index (χ0) is 22.8. The minimum absolute atomic E-state index is 0.175. The first-order chi connectivity index (χ1) is 15.2. The molecule has 1 aromatic heterocycles. The molecule has 1 aliphatic rings. The van der Waals surface area contributed by atoms with Gasteiger partial charge in [0.2, 0.25) is 15.9 Å². The largest absolute Gasteiger partial charge is 0.416 e. The van der Waals surface area contributed by atoms with Crippen LogP contribution in [0.4, 0.5) is 13.2 Å². The topological polar surface area (TPSA) is 76.3 Å². The van der Waals surface area contributed by atoms with Crippen molar-refractivity contribution in [2.24, 2.45) is 0 Å². The molecular formula is C21H20F3N3O3S2. The van der Waals surface area contributed by atoms with Crippen molar-refractivity contribution in [3.63, 3.8) is 0 Å². The van der Waals surface area contributed by atoms with Crippen molar-refractivity contribution in [3.05, 3.63) is 59.7 Å². The summed E-state index contributed by atoms with van der Waals surface area (Å²) in [5.74, 6) is 0.527. The molecule has 0 saturated carbocycles. The van der Waals surface area contributed by atoms with Gasteiger partial charge in [-0.1, -0.05) is 36.4 Å². The smallest absolute Gasteiger partial charge is 0.411 e. The highest BCUT2D eigenvalue weighted by molar-refractivity contribution is 7.98. The molecule has 0 spiro atoms. The van der Waals surface area contributed by atoms with Gasteiger partial charge in [0.05, 0.1) is 10.5 Å². The maximum absolute atomic E-state index is 12.9. The third-order valence-electron chi connectivity index (χ3n) is 5.08. The first-order valence-corrected chi connectivity index (χ1v) is 12.4. The fourth-order valence-corrected chi connectivity index (χ4v) is 5.65. The number of piperidine rings is 1. The molecule has 4 rings (SSSR count). The van der Waals surface area contributed by atoms with Crippen LogP contribution in [0.2, 0.25) is 0 Å². The first-order valence-electron chi connectivity index (χ1n) is 9.96. The Morgan fingerprint density at radius 1 is 1.00 bits per heavy atom. The number of rotatable bonds is 6. The Balaban J connectivity index is 1.45. The molecule has 2 aromatic carbocycles. The Morgan fingerprint density at radius 2 is 1.72 bits per heavy atom. The molecule has 3 aromatic rings. The van der Waals surface area contributed by atoms with Gasteiger partial charge >= 0.3 is 6.18 Å². The molecule has 0 atom stereocenters. The summed E-state index contributed by atoms with van der Waals surface area (Å²) in [6.07, 6.45) is -1.64. The van der Waals surface area contributed by atoms with Crippen molar-refractivity contribution in [1.29, 1.82) is 0 Å². The monoisotopic (exact) mass is 483 g/mol. The van der Waals surface area contributed by atoms with Gasteiger partial charge < -0.3 is 4.42 Å². The van der Waals surface area contributed by atoms with Crippen molar-refractivity contribution < 1.29 is 26.0 Å². The Morgan fingerprint density at radius 3 is 2.41 bits per heavy atom. The Labute approximate surface area is 187 Å². The number of alkyl halides is 3. The average Bonchev–Trinajstić information content (AvgIpc) is 3.27. The lowest BCUT2D eigenvalue weighted by molar-refractivity contribution is -0.137. The summed E-state index contributed by atoms with van der Waals surface area (Å²) in [5.41, 5.74) is 0.458. The number of nitrogens with zero attached hydrogens (tertiary/aromatic N) is 3. The molecule has 11 heteroatoms. The lowest BCUT2D eigenvalue weighted by atomic mass is 10.1. The molecule has 0 amide bonds. The van der Waals surface area contributed by atoms with Gasteiger partial charge in [0.25, 0.3) is 5.22 Å². The lowest BCUT2D eigenvalue weighted by Crippen LogP contribution is -2.35. The maximum Gasteiger partial charge on any atom is 0.416 e. The van der Waals surface area contributed by atoms with E-state index in [9.17, 15) is 21.6 Å². The van der Waals surface area contributed by atoms with E-state index < -0.39 is 21.8 Å². The number of halogens is 3. The average molecular weight is 484 g/mol. The second-order valence-electron chi connectivity index (χ2n) is 7.35. The SMILES string of the molecule is O=S(=O)(c1cccc(-c2nnc(SCc3ccc(C(F)(F)F)cc3)o2)c1)N1CCCCC1. The van der Waals surface area contributed by atoms with Gasteiger partial charge in [-0.25, -0.2) is 8.42 Å². The quantitative estimate of drug-likeness (QED) is 0.448. The summed E-state index contributed by atoms with van der Waals surface area (Å²) in [4.78, 5) is 0.175. The standard InChI is InChI=1S/C21H20F3N3O3S2/c22-21(23,24)17-9-7-15(8-10-17)14-31-20-26-25-19(30-20)16-5-4-6-18(13-16)32(28,29)27-11-2-1-3-12-27/h4-10,13H,1-3,11-12,14H2. The van der Waals surface area contributed by atoms with Crippen LogP contribution in [-0.2, 0) is 22.0 Å². The van der Waals surface area contributed by atoms with Crippen molar-refractivity contribution in [3.8, 4) is 11.5 Å². The number of hydrogen-bond donors (Lipinski definition) is 0. The molecule has 0 aliphatic carbocycles. The third kappa shape index (κ3) is 5.16. The Hall–Kier alpha value is -2.37. The van der Waals surface area contributed by atoms with Crippen LogP contribution >= 0.6 is 11.8 Å². The molecule has 0 radical (unpaired) electrons. The highest BCUT2D eigenvalue weighted by Gasteiger charge is 2.30. The molecule has 0 bridgehead atoms. The molecule has 0 N–H and O–H groups in total. The van der Waals surface area contributed by atoms with Gasteiger partial charge in [-0.05, 0) is 48.7 Å². The van der Waals surface area contributed by atoms with E-state index in [1.54, 1.807) is 18.2 Å². The van der Waals surface area contributed by atoms with Gasteiger partial charge in [-0.15, -0.1) is 10.2 Å². The summed E-state index contributed by atoms with van der Waals surface area (Å²) in [7, 11) is -3.59. The fourth-order valence-electron chi connectivity index (χ4n) is 3.36. The molecule has 1 fully saturated rings. The van der Waals surface area contributed by atoms with Crippen LogP contribution in [-0.4, -0.2) is 36.0 Å². The van der Waals surface area contributed by atoms with Crippen LogP contribution in [0.3, 0.4) is 0 Å². The van der Waals surface area contributed by atoms with E-state index in [-0.39, 0.29) is 16.0 Å². The van der Waals surface area contributed by atoms with E-state index in [2.05, 4.69) is 10.2 Å². The van der Waals surface area contributed by atoms with E-state index in [1.165, 1.54) is 34.3 Å². The number of sulfonamides is 1. The fraction of sp³-hybridized carbons (Fsp3) is 0.333. The number of thioether (sulfide) groups is 1. The Bertz CT molecular complexity index is 1170. The molecule has 1 saturated heterocycles. The van der Waals surface area contributed by atoms with Gasteiger partial charge in [-0.3, -0.25) is 0 Å². The second-order valence-corrected chi connectivity index (χ2v) is 10.2. The predicted octanol–water partition coefficient (Wildman–Crippen LogP) is 5.22. The van der Waals surface area contributed by atoms with Crippen molar-refractivity contribution in [2.45, 2.75) is 41.3 Å². The molecule has 170 valence electrons. The molecule has 32 heavy (non-hydrogen) atoms. The number of hydrogen-bond acceptors (Lipinski definition) is 6. The highest BCUT2D eigenvalue weighted by Crippen LogP contribution is 2.31. The summed E-state index contributed by atoms with van der Waals surface area (Å²) in [5, 5.41) is 8.18. The second kappa shape index (κ2) is 9.24. The zero-order valence-corrected chi connectivity index (χ0v) is 18.5. The van der Waals surface area contributed by atoms with E-state index in [4.69, 9.17) is 4.42 Å². The molecule has 1 aliphatic heterocycles. The summed E-state index contributed by atoms with van der Waals surface area (Å²) in [6, 6.07) is 11.3. The van der Waals surface area contributed by atoms with E-state index in [0.717, 1.165) is 31.4 Å². The predicted molar refractivity (Wildman–Crippen MR) is 113 cm³/mol. The van der Waals surface area contributed by atoms with E-state index >= 15 is 0 Å². The van der Waals surface area contributed by atoms with Crippen LogP contribution < -0.4 is 0 Å². The maximum atomic E-state index is 12.9. The van der Waals surface area contributed by atoms with Crippen LogP contribution in [0.1, 0.15) is 30.4 Å². The van der Waals surface area contributed by atoms with E-state index in [1.807, 2.05) is 0 Å². The van der Waals surface area contributed by atoms with Crippen LogP contribution in [0.5, 0.6) is 0 Å². The van der Waals surface area contributed by atoms with Gasteiger partial charge in [0.1, 0.15) is 0 Å². The molecule has 6 nitrogen and oxygen atoms in total. The molecule has 0 unspecified atom stereocenters. The number of aromatic nitrogens is 2. The van der Waals surface area contributed by atoms with Crippen LogP contribution in [0.15, 0.2) is 63.1 Å². The minimum Gasteiger partial charge on any atom is -0.411 e. The zero-order valence-electron chi connectivity index (χ0n) is 16.9. The summed E-state index contributed by atoms with van der Waals surface area (Å²) in [6.45, 7) is 1.02. The summed E-state index contributed by atoms with van der Waals surface area (Å²) >= 11 is 1.19. The van der Waals surface area contributed by atoms with E-state index in [0.29, 0.717) is 30.0 Å². The normalized spacial score (nSPS) is 15.7. The van der Waals surface area contributed by atoms with Gasteiger partial charge in [0, 0.05) is 24.4 Å². The minimum atomic E-state index is -4.37. The molecular weight excluding hydrogens is 463 g/mol. The van der Waals surface area contributed by atoms with Crippen molar-refractivity contribution in [2.75, 3.05) is 13.1 Å². The van der Waals surface area contributed by atoms with Gasteiger partial charge in [0.15, 0.2) is 0 Å². The van der Waals surface area contributed by atoms with Crippen molar-refractivity contribution >= 4 is 21.8 Å². The van der Waals surface area contributed by atoms with Crippen LogP contribution in [0, 0.1) is 0 Å². The van der Waals surface area contributed by atoms with Crippen molar-refractivity contribution in [1.82, 2.24) is 14.5 Å².